The molecule has 0 aliphatic carbocycles. The van der Waals surface area contributed by atoms with Crippen molar-refractivity contribution in [3.05, 3.63) is 54.1 Å². The van der Waals surface area contributed by atoms with Crippen molar-refractivity contribution < 1.29 is 27.9 Å². The van der Waals surface area contributed by atoms with E-state index in [1.54, 1.807) is 12.1 Å². The molecule has 27 heavy (non-hydrogen) atoms. The van der Waals surface area contributed by atoms with Crippen molar-refractivity contribution in [1.29, 1.82) is 0 Å². The molecule has 0 saturated carbocycles. The van der Waals surface area contributed by atoms with E-state index in [0.717, 1.165) is 0 Å². The van der Waals surface area contributed by atoms with Gasteiger partial charge in [0.05, 0.1) is 17.1 Å². The molecule has 1 amide bonds. The third-order valence-electron chi connectivity index (χ3n) is 3.45. The first kappa shape index (κ1) is 20.4. The molecule has 0 heterocycles. The van der Waals surface area contributed by atoms with Crippen LogP contribution in [0.3, 0.4) is 0 Å². The monoisotopic (exact) mass is 392 g/mol. The number of sulfonamides is 1. The van der Waals surface area contributed by atoms with Crippen LogP contribution in [0.1, 0.15) is 23.7 Å². The average Bonchev–Trinajstić information content (AvgIpc) is 2.61. The SMILES string of the molecule is CC(=O)Nc1ccc(S(=O)(=O)NCCCOc2cccc(C(=O)O)c2)cc1. The van der Waals surface area contributed by atoms with Gasteiger partial charge in [0.15, 0.2) is 0 Å². The lowest BCUT2D eigenvalue weighted by Gasteiger charge is -2.09. The van der Waals surface area contributed by atoms with E-state index in [1.165, 1.54) is 43.3 Å². The van der Waals surface area contributed by atoms with Gasteiger partial charge in [0.1, 0.15) is 5.75 Å². The van der Waals surface area contributed by atoms with Gasteiger partial charge in [-0.3, -0.25) is 4.79 Å². The maximum atomic E-state index is 12.2. The van der Waals surface area contributed by atoms with Gasteiger partial charge in [-0.2, -0.15) is 0 Å². The summed E-state index contributed by atoms with van der Waals surface area (Å²) in [6.45, 7) is 1.76. The Balaban J connectivity index is 1.81. The van der Waals surface area contributed by atoms with E-state index in [-0.39, 0.29) is 29.5 Å². The van der Waals surface area contributed by atoms with Crippen molar-refractivity contribution >= 4 is 27.6 Å². The van der Waals surface area contributed by atoms with Gasteiger partial charge in [-0.25, -0.2) is 17.9 Å². The van der Waals surface area contributed by atoms with Crippen LogP contribution in [0, 0.1) is 0 Å². The van der Waals surface area contributed by atoms with Crippen molar-refractivity contribution in [3.63, 3.8) is 0 Å². The molecule has 0 fully saturated rings. The molecule has 2 aromatic carbocycles. The van der Waals surface area contributed by atoms with Crippen LogP contribution in [0.4, 0.5) is 5.69 Å². The van der Waals surface area contributed by atoms with E-state index in [1.807, 2.05) is 0 Å². The fourth-order valence-electron chi connectivity index (χ4n) is 2.19. The standard InChI is InChI=1S/C18H20N2O6S/c1-13(21)20-15-6-8-17(9-7-15)27(24,25)19-10-3-11-26-16-5-2-4-14(12-16)18(22)23/h2,4-9,12,19H,3,10-11H2,1H3,(H,20,21)(H,22,23). The smallest absolute Gasteiger partial charge is 0.335 e. The van der Waals surface area contributed by atoms with E-state index in [9.17, 15) is 18.0 Å². The number of nitrogens with one attached hydrogen (secondary N) is 2. The predicted octanol–water partition coefficient (Wildman–Crippen LogP) is 2.09. The summed E-state index contributed by atoms with van der Waals surface area (Å²) in [6.07, 6.45) is 0.403. The van der Waals surface area contributed by atoms with Gasteiger partial charge in [-0.05, 0) is 48.9 Å². The number of benzene rings is 2. The first-order chi connectivity index (χ1) is 12.8. The number of amides is 1. The molecule has 0 unspecified atom stereocenters. The van der Waals surface area contributed by atoms with Crippen molar-refractivity contribution in [2.24, 2.45) is 0 Å². The van der Waals surface area contributed by atoms with Crippen molar-refractivity contribution in [3.8, 4) is 5.75 Å². The Morgan fingerprint density at radius 3 is 2.44 bits per heavy atom. The third kappa shape index (κ3) is 6.39. The van der Waals surface area contributed by atoms with Crippen molar-refractivity contribution in [1.82, 2.24) is 4.72 Å². The van der Waals surface area contributed by atoms with Crippen LogP contribution >= 0.6 is 0 Å². The minimum atomic E-state index is -3.66. The number of carboxylic acid groups (broad SMARTS) is 1. The minimum Gasteiger partial charge on any atom is -0.494 e. The van der Waals surface area contributed by atoms with Crippen LogP contribution in [-0.4, -0.2) is 38.6 Å². The summed E-state index contributed by atoms with van der Waals surface area (Å²) in [6, 6.07) is 11.9. The number of hydrogen-bond donors (Lipinski definition) is 3. The Kier molecular flexibility index (Phi) is 6.91. The predicted molar refractivity (Wildman–Crippen MR) is 99.4 cm³/mol. The summed E-state index contributed by atoms with van der Waals surface area (Å²) in [5.41, 5.74) is 0.634. The maximum Gasteiger partial charge on any atom is 0.335 e. The topological polar surface area (TPSA) is 122 Å². The molecular formula is C18H20N2O6S. The molecule has 0 aliphatic rings. The number of ether oxygens (including phenoxy) is 1. The van der Waals surface area contributed by atoms with Crippen LogP contribution in [0.25, 0.3) is 0 Å². The van der Waals surface area contributed by atoms with Gasteiger partial charge in [0.2, 0.25) is 15.9 Å². The van der Waals surface area contributed by atoms with Crippen molar-refractivity contribution in [2.45, 2.75) is 18.2 Å². The fourth-order valence-corrected chi connectivity index (χ4v) is 3.27. The lowest BCUT2D eigenvalue weighted by molar-refractivity contribution is -0.114. The van der Waals surface area contributed by atoms with Crippen LogP contribution in [0.15, 0.2) is 53.4 Å². The molecule has 0 aliphatic heterocycles. The van der Waals surface area contributed by atoms with Gasteiger partial charge >= 0.3 is 5.97 Å². The lowest BCUT2D eigenvalue weighted by Crippen LogP contribution is -2.25. The Morgan fingerprint density at radius 1 is 1.11 bits per heavy atom. The summed E-state index contributed by atoms with van der Waals surface area (Å²) in [7, 11) is -3.66. The second-order valence-corrected chi connectivity index (χ2v) is 7.41. The van der Waals surface area contributed by atoms with E-state index in [4.69, 9.17) is 9.84 Å². The second kappa shape index (κ2) is 9.15. The molecule has 2 aromatic rings. The second-order valence-electron chi connectivity index (χ2n) is 5.64. The Labute approximate surface area is 157 Å². The van der Waals surface area contributed by atoms with Gasteiger partial charge in [-0.1, -0.05) is 6.07 Å². The summed E-state index contributed by atoms with van der Waals surface area (Å²) in [4.78, 5) is 22.0. The summed E-state index contributed by atoms with van der Waals surface area (Å²) < 4.78 is 32.3. The summed E-state index contributed by atoms with van der Waals surface area (Å²) in [5.74, 6) is -0.873. The highest BCUT2D eigenvalue weighted by Crippen LogP contribution is 2.15. The number of rotatable bonds is 9. The maximum absolute atomic E-state index is 12.2. The molecule has 0 atom stereocenters. The molecule has 0 aromatic heterocycles. The zero-order valence-corrected chi connectivity index (χ0v) is 15.5. The number of anilines is 1. The van der Waals surface area contributed by atoms with E-state index in [0.29, 0.717) is 17.9 Å². The molecule has 9 heteroatoms. The molecule has 0 radical (unpaired) electrons. The molecule has 0 bridgehead atoms. The van der Waals surface area contributed by atoms with E-state index >= 15 is 0 Å². The van der Waals surface area contributed by atoms with Crippen LogP contribution in [0.2, 0.25) is 0 Å². The van der Waals surface area contributed by atoms with Crippen LogP contribution < -0.4 is 14.8 Å². The molecule has 0 spiro atoms. The molecule has 0 saturated heterocycles. The molecular weight excluding hydrogens is 372 g/mol. The Hall–Kier alpha value is -2.91. The average molecular weight is 392 g/mol. The fraction of sp³-hybridized carbons (Fsp3) is 0.222. The van der Waals surface area contributed by atoms with Crippen molar-refractivity contribution in [2.75, 3.05) is 18.5 Å². The summed E-state index contributed by atoms with van der Waals surface area (Å²) in [5, 5.41) is 11.5. The number of hydrogen-bond acceptors (Lipinski definition) is 5. The normalized spacial score (nSPS) is 11.0. The highest BCUT2D eigenvalue weighted by molar-refractivity contribution is 7.89. The third-order valence-corrected chi connectivity index (χ3v) is 4.92. The molecule has 2 rings (SSSR count). The Bertz CT molecular complexity index is 910. The van der Waals surface area contributed by atoms with Gasteiger partial charge < -0.3 is 15.2 Å². The van der Waals surface area contributed by atoms with Gasteiger partial charge in [-0.15, -0.1) is 0 Å². The largest absolute Gasteiger partial charge is 0.494 e. The number of carbonyl (C=O) groups excluding carboxylic acids is 1. The van der Waals surface area contributed by atoms with Crippen LogP contribution in [-0.2, 0) is 14.8 Å². The molecule has 3 N–H and O–H groups in total. The number of carboxylic acids is 1. The highest BCUT2D eigenvalue weighted by atomic mass is 32.2. The van der Waals surface area contributed by atoms with E-state index < -0.39 is 16.0 Å². The quantitative estimate of drug-likeness (QED) is 0.562. The van der Waals surface area contributed by atoms with Gasteiger partial charge in [0.25, 0.3) is 0 Å². The first-order valence-corrected chi connectivity index (χ1v) is 9.60. The Morgan fingerprint density at radius 2 is 1.81 bits per heavy atom. The zero-order valence-electron chi connectivity index (χ0n) is 14.6. The number of carbonyl (C=O) groups is 2. The number of aromatic carboxylic acids is 1. The summed E-state index contributed by atoms with van der Waals surface area (Å²) >= 11 is 0. The first-order valence-electron chi connectivity index (χ1n) is 8.11. The van der Waals surface area contributed by atoms with Gasteiger partial charge in [0, 0.05) is 19.2 Å². The zero-order chi connectivity index (χ0) is 19.9. The molecule has 144 valence electrons. The van der Waals surface area contributed by atoms with E-state index in [2.05, 4.69) is 10.0 Å². The lowest BCUT2D eigenvalue weighted by atomic mass is 10.2. The highest BCUT2D eigenvalue weighted by Gasteiger charge is 2.13. The molecule has 8 nitrogen and oxygen atoms in total. The van der Waals surface area contributed by atoms with Crippen LogP contribution in [0.5, 0.6) is 5.75 Å². The minimum absolute atomic E-state index is 0.0895.